The maximum Gasteiger partial charge on any atom is 0.155 e. The molecule has 0 spiro atoms. The van der Waals surface area contributed by atoms with Crippen LogP contribution in [0, 0.1) is 13.8 Å². The lowest BCUT2D eigenvalue weighted by Gasteiger charge is -2.23. The Balaban J connectivity index is 0.000000616. The number of aryl methyl sites for hydroxylation is 2. The zero-order valence-electron chi connectivity index (χ0n) is 20.3. The molecule has 7 nitrogen and oxygen atoms in total. The number of aliphatic imine (C=N–C) groups is 2. The molecule has 174 valence electrons. The average Bonchev–Trinajstić information content (AvgIpc) is 3.20. The summed E-state index contributed by atoms with van der Waals surface area (Å²) in [6.45, 7) is 18.7. The Morgan fingerprint density at radius 2 is 1.88 bits per heavy atom. The highest BCUT2D eigenvalue weighted by Gasteiger charge is 2.07. The van der Waals surface area contributed by atoms with Gasteiger partial charge in [-0.05, 0) is 33.4 Å². The number of hydrogen-bond donors (Lipinski definition) is 3. The minimum Gasteiger partial charge on any atom is -0.356 e. The van der Waals surface area contributed by atoms with Crippen molar-refractivity contribution in [1.29, 1.82) is 0 Å². The normalized spacial score (nSPS) is 11.4. The summed E-state index contributed by atoms with van der Waals surface area (Å²) < 4.78 is 0. The topological polar surface area (TPSA) is 80.7 Å². The molecular formula is C25H39N7. The van der Waals surface area contributed by atoms with E-state index in [4.69, 9.17) is 0 Å². The molecule has 0 bridgehead atoms. The van der Waals surface area contributed by atoms with E-state index >= 15 is 0 Å². The summed E-state index contributed by atoms with van der Waals surface area (Å²) >= 11 is 0. The standard InChI is InChI=1S/C18H31N7.C7H8/c1-7-11-25(12-10-19-6)15(5)20-16(8-2)21-17(9-3)22-18-13-14(4)23-24-18;1-7-5-3-2-4-6-7/h8,13,19H,2,5,7,9-12H2,1,3-4,6H3,(H2,20,21,22,23,24);2-6H,1H3. The van der Waals surface area contributed by atoms with E-state index in [1.807, 2.05) is 45.2 Å². The van der Waals surface area contributed by atoms with Gasteiger partial charge in [-0.15, -0.1) is 0 Å². The third kappa shape index (κ3) is 10.7. The number of hydrogen-bond acceptors (Lipinski definition) is 4. The summed E-state index contributed by atoms with van der Waals surface area (Å²) in [4.78, 5) is 11.3. The van der Waals surface area contributed by atoms with Gasteiger partial charge < -0.3 is 15.5 Å². The fourth-order valence-corrected chi connectivity index (χ4v) is 2.70. The summed E-state index contributed by atoms with van der Waals surface area (Å²) in [6.07, 6.45) is 3.40. The Kier molecular flexibility index (Phi) is 13.1. The summed E-state index contributed by atoms with van der Waals surface area (Å²) in [7, 11) is 1.94. The summed E-state index contributed by atoms with van der Waals surface area (Å²) in [5.74, 6) is 2.74. The first-order chi connectivity index (χ1) is 15.4. The predicted octanol–water partition coefficient (Wildman–Crippen LogP) is 4.92. The lowest BCUT2D eigenvalue weighted by atomic mass is 10.2. The molecule has 0 radical (unpaired) electrons. The Bertz CT molecular complexity index is 865. The van der Waals surface area contributed by atoms with Gasteiger partial charge in [0.1, 0.15) is 11.7 Å². The van der Waals surface area contributed by atoms with Crippen LogP contribution in [-0.4, -0.2) is 53.5 Å². The monoisotopic (exact) mass is 437 g/mol. The first-order valence-electron chi connectivity index (χ1n) is 11.1. The van der Waals surface area contributed by atoms with Gasteiger partial charge in [0.05, 0.1) is 0 Å². The molecule has 0 aliphatic heterocycles. The Morgan fingerprint density at radius 3 is 2.34 bits per heavy atom. The van der Waals surface area contributed by atoms with Crippen molar-refractivity contribution in [3.05, 3.63) is 72.7 Å². The zero-order chi connectivity index (χ0) is 23.8. The maximum atomic E-state index is 4.56. The van der Waals surface area contributed by atoms with Crippen LogP contribution in [0.15, 0.2) is 71.4 Å². The molecule has 0 aliphatic rings. The average molecular weight is 438 g/mol. The highest BCUT2D eigenvalue weighted by molar-refractivity contribution is 6.07. The first kappa shape index (κ1) is 26.8. The van der Waals surface area contributed by atoms with Crippen molar-refractivity contribution in [3.8, 4) is 0 Å². The number of rotatable bonds is 10. The van der Waals surface area contributed by atoms with E-state index in [1.165, 1.54) is 5.56 Å². The number of H-pyrrole nitrogens is 1. The Hall–Kier alpha value is -3.19. The molecule has 0 fully saturated rings. The lowest BCUT2D eigenvalue weighted by molar-refractivity contribution is 0.343. The molecule has 3 N–H and O–H groups in total. The highest BCUT2D eigenvalue weighted by atomic mass is 15.2. The van der Waals surface area contributed by atoms with Crippen LogP contribution in [0.3, 0.4) is 0 Å². The van der Waals surface area contributed by atoms with Crippen molar-refractivity contribution in [3.63, 3.8) is 0 Å². The van der Waals surface area contributed by atoms with Gasteiger partial charge >= 0.3 is 0 Å². The minimum absolute atomic E-state index is 0.534. The predicted molar refractivity (Wildman–Crippen MR) is 138 cm³/mol. The number of aromatic nitrogens is 2. The van der Waals surface area contributed by atoms with Crippen LogP contribution in [0.25, 0.3) is 0 Å². The van der Waals surface area contributed by atoms with E-state index < -0.39 is 0 Å². The Morgan fingerprint density at radius 1 is 1.16 bits per heavy atom. The van der Waals surface area contributed by atoms with Crippen LogP contribution >= 0.6 is 0 Å². The number of nitrogens with zero attached hydrogens (tertiary/aromatic N) is 4. The molecule has 7 heteroatoms. The van der Waals surface area contributed by atoms with Crippen LogP contribution < -0.4 is 10.6 Å². The first-order valence-corrected chi connectivity index (χ1v) is 11.1. The third-order valence-electron chi connectivity index (χ3n) is 4.42. The van der Waals surface area contributed by atoms with E-state index in [2.05, 4.69) is 74.9 Å². The number of benzene rings is 1. The largest absolute Gasteiger partial charge is 0.356 e. The lowest BCUT2D eigenvalue weighted by Crippen LogP contribution is -2.30. The zero-order valence-corrected chi connectivity index (χ0v) is 20.3. The fourth-order valence-electron chi connectivity index (χ4n) is 2.70. The number of aromatic amines is 1. The van der Waals surface area contributed by atoms with Gasteiger partial charge in [-0.2, -0.15) is 5.10 Å². The molecule has 0 unspecified atom stereocenters. The fraction of sp³-hybridized carbons (Fsp3) is 0.400. The summed E-state index contributed by atoms with van der Waals surface area (Å²) in [6, 6.07) is 12.2. The van der Waals surface area contributed by atoms with Crippen molar-refractivity contribution in [2.24, 2.45) is 9.98 Å². The van der Waals surface area contributed by atoms with Crippen molar-refractivity contribution in [2.75, 3.05) is 32.0 Å². The number of likely N-dealkylation sites (N-methyl/N-ethyl adjacent to an activating group) is 1. The number of amidine groups is 2. The highest BCUT2D eigenvalue weighted by Crippen LogP contribution is 2.08. The van der Waals surface area contributed by atoms with Gasteiger partial charge in [-0.1, -0.05) is 62.9 Å². The van der Waals surface area contributed by atoms with E-state index in [0.717, 1.165) is 49.8 Å². The van der Waals surface area contributed by atoms with Crippen molar-refractivity contribution < 1.29 is 0 Å². The maximum absolute atomic E-state index is 4.56. The summed E-state index contributed by atoms with van der Waals surface area (Å²) in [5, 5.41) is 13.4. The molecule has 1 heterocycles. The van der Waals surface area contributed by atoms with E-state index in [-0.39, 0.29) is 0 Å². The number of nitrogens with one attached hydrogen (secondary N) is 3. The molecule has 0 aliphatic carbocycles. The quantitative estimate of drug-likeness (QED) is 0.364. The van der Waals surface area contributed by atoms with Crippen molar-refractivity contribution in [2.45, 2.75) is 40.5 Å². The van der Waals surface area contributed by atoms with Crippen LogP contribution in [0.5, 0.6) is 0 Å². The van der Waals surface area contributed by atoms with Gasteiger partial charge in [-0.25, -0.2) is 9.98 Å². The molecule has 1 aromatic carbocycles. The molecule has 2 rings (SSSR count). The van der Waals surface area contributed by atoms with Crippen LogP contribution in [0.1, 0.15) is 37.9 Å². The van der Waals surface area contributed by atoms with Crippen LogP contribution in [-0.2, 0) is 0 Å². The van der Waals surface area contributed by atoms with Crippen molar-refractivity contribution >= 4 is 17.5 Å². The van der Waals surface area contributed by atoms with Crippen molar-refractivity contribution in [1.82, 2.24) is 20.4 Å². The second kappa shape index (κ2) is 15.6. The molecule has 32 heavy (non-hydrogen) atoms. The van der Waals surface area contributed by atoms with Gasteiger partial charge in [0.2, 0.25) is 0 Å². The molecule has 2 aromatic rings. The second-order valence-corrected chi connectivity index (χ2v) is 7.31. The third-order valence-corrected chi connectivity index (χ3v) is 4.42. The molecule has 1 aromatic heterocycles. The number of anilines is 1. The smallest absolute Gasteiger partial charge is 0.155 e. The van der Waals surface area contributed by atoms with Gasteiger partial charge in [0.15, 0.2) is 11.7 Å². The minimum atomic E-state index is 0.534. The Labute approximate surface area is 193 Å². The van der Waals surface area contributed by atoms with Gasteiger partial charge in [0.25, 0.3) is 0 Å². The van der Waals surface area contributed by atoms with Gasteiger partial charge in [-0.3, -0.25) is 5.10 Å². The van der Waals surface area contributed by atoms with E-state index in [0.29, 0.717) is 11.7 Å². The van der Waals surface area contributed by atoms with Crippen LogP contribution in [0.4, 0.5) is 5.82 Å². The summed E-state index contributed by atoms with van der Waals surface area (Å²) in [5.41, 5.74) is 2.31. The van der Waals surface area contributed by atoms with E-state index in [9.17, 15) is 0 Å². The molecule has 0 saturated heterocycles. The SMILES string of the molecule is C=C/C(N=C(CC)Nc1cc(C)[nH]n1)=N/C(=C)N(CCC)CCNC.Cc1ccccc1. The molecular weight excluding hydrogens is 398 g/mol. The molecule has 0 saturated carbocycles. The van der Waals surface area contributed by atoms with Crippen LogP contribution in [0.2, 0.25) is 0 Å². The second-order valence-electron chi connectivity index (χ2n) is 7.31. The van der Waals surface area contributed by atoms with E-state index in [1.54, 1.807) is 6.08 Å². The molecule has 0 amide bonds. The molecule has 0 atom stereocenters. The van der Waals surface area contributed by atoms with Gasteiger partial charge in [0, 0.05) is 37.8 Å².